The Morgan fingerprint density at radius 3 is 1.57 bits per heavy atom. The highest BCUT2D eigenvalue weighted by Crippen LogP contribution is 2.33. The number of hydrogen-bond acceptors (Lipinski definition) is 0. The molecule has 0 unspecified atom stereocenters. The summed E-state index contributed by atoms with van der Waals surface area (Å²) in [5.74, 6) is 6.30. The Morgan fingerprint density at radius 1 is 0.786 bits per heavy atom. The van der Waals surface area contributed by atoms with Crippen molar-refractivity contribution in [2.75, 3.05) is 0 Å². The van der Waals surface area contributed by atoms with Gasteiger partial charge in [-0.25, -0.2) is 0 Å². The van der Waals surface area contributed by atoms with E-state index in [4.69, 9.17) is 0 Å². The molecule has 0 aliphatic heterocycles. The van der Waals surface area contributed by atoms with Crippen LogP contribution in [0, 0.1) is 23.2 Å². The Hall–Kier alpha value is -0.0200. The fourth-order valence-corrected chi connectivity index (χ4v) is 1.95. The van der Waals surface area contributed by atoms with Crippen LogP contribution in [-0.2, 0) is 0 Å². The van der Waals surface area contributed by atoms with Crippen molar-refractivity contribution in [1.29, 1.82) is 0 Å². The Kier molecular flexibility index (Phi) is 13.0. The lowest BCUT2D eigenvalue weighted by Crippen LogP contribution is -1.64. The van der Waals surface area contributed by atoms with Gasteiger partial charge in [0, 0.05) is 12.8 Å². The third kappa shape index (κ3) is 12.0. The van der Waals surface area contributed by atoms with Crippen molar-refractivity contribution in [2.24, 2.45) is 0 Å². The minimum Gasteiger partial charge on any atom is -0.0979 e. The van der Waals surface area contributed by atoms with E-state index in [2.05, 4.69) is 37.0 Å². The first-order valence-electron chi connectivity index (χ1n) is 5.27. The Morgan fingerprint density at radius 2 is 1.21 bits per heavy atom. The molecule has 0 aliphatic rings. The van der Waals surface area contributed by atoms with Crippen molar-refractivity contribution in [3.8, 4) is 23.2 Å². The van der Waals surface area contributed by atoms with Crippen LogP contribution in [0.4, 0.5) is 0 Å². The Labute approximate surface area is 92.5 Å². The fourth-order valence-electron chi connectivity index (χ4n) is 0.763. The van der Waals surface area contributed by atoms with E-state index in [1.54, 1.807) is 0 Å². The summed E-state index contributed by atoms with van der Waals surface area (Å²) in [6.45, 7) is 4.38. The number of hydrogen-bond donors (Lipinski definition) is 0. The molecule has 0 bridgehead atoms. The molecular formula is C12H18P2. The highest BCUT2D eigenvalue weighted by molar-refractivity contribution is 8.16. The van der Waals surface area contributed by atoms with Gasteiger partial charge in [-0.3, -0.25) is 0 Å². The summed E-state index contributed by atoms with van der Waals surface area (Å²) in [5.41, 5.74) is 6.24. The van der Waals surface area contributed by atoms with Gasteiger partial charge in [0.05, 0.1) is 16.5 Å². The molecule has 0 aromatic heterocycles. The molecule has 0 aliphatic carbocycles. The molecular weight excluding hydrogens is 206 g/mol. The molecule has 0 spiro atoms. The molecule has 0 N–H and O–H groups in total. The molecule has 2 heteroatoms. The third-order valence-electron chi connectivity index (χ3n) is 1.62. The van der Waals surface area contributed by atoms with Crippen LogP contribution in [0.5, 0.6) is 0 Å². The highest BCUT2D eigenvalue weighted by atomic mass is 32.0. The SMILES string of the molecule is CCCCC#C[P][P]C#CCCCC. The number of rotatable bonds is 5. The van der Waals surface area contributed by atoms with Crippen LogP contribution in [0.3, 0.4) is 0 Å². The van der Waals surface area contributed by atoms with E-state index in [9.17, 15) is 0 Å². The van der Waals surface area contributed by atoms with Crippen LogP contribution >= 0.6 is 16.5 Å². The number of unbranched alkanes of at least 4 members (excludes halogenated alkanes) is 4. The van der Waals surface area contributed by atoms with Gasteiger partial charge in [-0.15, -0.1) is 0 Å². The molecule has 0 rings (SSSR count). The van der Waals surface area contributed by atoms with Crippen molar-refractivity contribution in [3.63, 3.8) is 0 Å². The average molecular weight is 224 g/mol. The van der Waals surface area contributed by atoms with Crippen LogP contribution in [0.1, 0.15) is 52.4 Å². The van der Waals surface area contributed by atoms with Crippen molar-refractivity contribution in [2.45, 2.75) is 52.4 Å². The molecule has 0 fully saturated rings. The first kappa shape index (κ1) is 14.0. The maximum Gasteiger partial charge on any atom is 0.0586 e. The molecule has 0 amide bonds. The molecule has 0 aromatic rings. The van der Waals surface area contributed by atoms with Crippen LogP contribution in [-0.4, -0.2) is 0 Å². The van der Waals surface area contributed by atoms with Crippen LogP contribution in [0.2, 0.25) is 0 Å². The topological polar surface area (TPSA) is 0 Å². The van der Waals surface area contributed by atoms with Gasteiger partial charge < -0.3 is 0 Å². The van der Waals surface area contributed by atoms with Crippen LogP contribution < -0.4 is 0 Å². The van der Waals surface area contributed by atoms with Gasteiger partial charge in [-0.05, 0) is 12.8 Å². The average Bonchev–Trinajstić information content (AvgIpc) is 2.21. The summed E-state index contributed by atoms with van der Waals surface area (Å²) < 4.78 is 0. The predicted octanol–water partition coefficient (Wildman–Crippen LogP) is 5.10. The zero-order valence-electron chi connectivity index (χ0n) is 9.14. The molecule has 2 radical (unpaired) electrons. The normalized spacial score (nSPS) is 10.1. The van der Waals surface area contributed by atoms with E-state index in [1.165, 1.54) is 25.7 Å². The third-order valence-corrected chi connectivity index (χ3v) is 3.14. The fraction of sp³-hybridized carbons (Fsp3) is 0.667. The first-order chi connectivity index (χ1) is 6.91. The van der Waals surface area contributed by atoms with Gasteiger partial charge in [0.15, 0.2) is 0 Å². The van der Waals surface area contributed by atoms with E-state index < -0.39 is 0 Å². The molecule has 0 saturated carbocycles. The smallest absolute Gasteiger partial charge is 0.0586 e. The zero-order valence-corrected chi connectivity index (χ0v) is 10.9. The van der Waals surface area contributed by atoms with E-state index in [0.29, 0.717) is 0 Å². The van der Waals surface area contributed by atoms with Crippen molar-refractivity contribution in [1.82, 2.24) is 0 Å². The van der Waals surface area contributed by atoms with Crippen LogP contribution in [0.15, 0.2) is 0 Å². The highest BCUT2D eigenvalue weighted by Gasteiger charge is 1.80. The van der Waals surface area contributed by atoms with Gasteiger partial charge in [-0.2, -0.15) is 0 Å². The quantitative estimate of drug-likeness (QED) is 0.346. The van der Waals surface area contributed by atoms with Gasteiger partial charge in [0.2, 0.25) is 0 Å². The second-order valence-electron chi connectivity index (χ2n) is 2.98. The minimum atomic E-state index is 1.04. The minimum absolute atomic E-state index is 1.04. The van der Waals surface area contributed by atoms with E-state index in [-0.39, 0.29) is 0 Å². The van der Waals surface area contributed by atoms with Gasteiger partial charge >= 0.3 is 0 Å². The predicted molar refractivity (Wildman–Crippen MR) is 68.4 cm³/mol. The maximum atomic E-state index is 3.15. The zero-order chi connectivity index (χ0) is 10.5. The molecule has 76 valence electrons. The van der Waals surface area contributed by atoms with Gasteiger partial charge in [0.25, 0.3) is 0 Å². The van der Waals surface area contributed by atoms with E-state index in [0.717, 1.165) is 29.4 Å². The molecule has 14 heavy (non-hydrogen) atoms. The second kappa shape index (κ2) is 13.0. The molecule has 0 nitrogen and oxygen atoms in total. The van der Waals surface area contributed by atoms with Gasteiger partial charge in [0.1, 0.15) is 0 Å². The Balaban J connectivity index is 3.24. The Bertz CT molecular complexity index is 198. The van der Waals surface area contributed by atoms with E-state index >= 15 is 0 Å². The molecule has 0 saturated heterocycles. The standard InChI is InChI=1S/C12H18P2/c1-3-5-7-9-11-13-14-12-10-8-6-4-2/h3-8H2,1-2H3. The monoisotopic (exact) mass is 224 g/mol. The summed E-state index contributed by atoms with van der Waals surface area (Å²) in [5, 5.41) is 0. The largest absolute Gasteiger partial charge is 0.0979 e. The van der Waals surface area contributed by atoms with Crippen molar-refractivity contribution < 1.29 is 0 Å². The summed E-state index contributed by atoms with van der Waals surface area (Å²) in [6, 6.07) is 0. The summed E-state index contributed by atoms with van der Waals surface area (Å²) in [4.78, 5) is 0. The molecule has 0 aromatic carbocycles. The van der Waals surface area contributed by atoms with Crippen molar-refractivity contribution >= 4 is 16.5 Å². The molecule has 0 atom stereocenters. The van der Waals surface area contributed by atoms with Gasteiger partial charge in [-0.1, -0.05) is 49.9 Å². The lowest BCUT2D eigenvalue weighted by molar-refractivity contribution is 0.828. The summed E-state index contributed by atoms with van der Waals surface area (Å²) >= 11 is 0. The maximum absolute atomic E-state index is 3.15. The lowest BCUT2D eigenvalue weighted by atomic mass is 10.3. The lowest BCUT2D eigenvalue weighted by Gasteiger charge is -1.83. The first-order valence-corrected chi connectivity index (χ1v) is 7.76. The summed E-state index contributed by atoms with van der Waals surface area (Å²) in [6.07, 6.45) is 7.01. The molecule has 0 heterocycles. The van der Waals surface area contributed by atoms with Crippen LogP contribution in [0.25, 0.3) is 0 Å². The second-order valence-corrected chi connectivity index (χ2v) is 5.03. The summed E-state index contributed by atoms with van der Waals surface area (Å²) in [7, 11) is 2.29. The van der Waals surface area contributed by atoms with Crippen molar-refractivity contribution in [3.05, 3.63) is 0 Å². The van der Waals surface area contributed by atoms with E-state index in [1.807, 2.05) is 0 Å².